The number of rotatable bonds is 6. The summed E-state index contributed by atoms with van der Waals surface area (Å²) in [5, 5.41) is 44.6. The van der Waals surface area contributed by atoms with Gasteiger partial charge in [0.25, 0.3) is 0 Å². The summed E-state index contributed by atoms with van der Waals surface area (Å²) in [6.07, 6.45) is 5.25. The van der Waals surface area contributed by atoms with E-state index in [4.69, 9.17) is 4.74 Å². The molecule has 0 bridgehead atoms. The second kappa shape index (κ2) is 9.50. The molecule has 0 radical (unpaired) electrons. The maximum absolute atomic E-state index is 12.1. The van der Waals surface area contributed by atoms with E-state index in [0.717, 1.165) is 32.1 Å². The van der Waals surface area contributed by atoms with Gasteiger partial charge in [-0.15, -0.1) is 0 Å². The Hall–Kier alpha value is -0.690. The van der Waals surface area contributed by atoms with Gasteiger partial charge in [0.2, 0.25) is 0 Å². The molecule has 0 aliphatic heterocycles. The summed E-state index contributed by atoms with van der Waals surface area (Å²) < 4.78 is 5.83. The van der Waals surface area contributed by atoms with Crippen molar-refractivity contribution in [3.8, 4) is 0 Å². The molecule has 36 heavy (non-hydrogen) atoms. The fraction of sp³-hybridized carbons (Fsp3) is 0.967. The van der Waals surface area contributed by atoms with Crippen molar-refractivity contribution in [1.82, 2.24) is 0 Å². The number of carbonyl (C=O) groups excluding carboxylic acids is 1. The first-order valence-electron chi connectivity index (χ1n) is 14.5. The zero-order valence-corrected chi connectivity index (χ0v) is 23.7. The van der Waals surface area contributed by atoms with Gasteiger partial charge in [-0.3, -0.25) is 4.79 Å². The van der Waals surface area contributed by atoms with Gasteiger partial charge >= 0.3 is 5.97 Å². The van der Waals surface area contributed by atoms with Crippen molar-refractivity contribution < 1.29 is 30.0 Å². The van der Waals surface area contributed by atoms with E-state index in [2.05, 4.69) is 20.8 Å². The SMILES string of the molecule is CC(=O)O[C@@H]1C[C@H]2[C@@H]3CC[C@H]([C@H](C)[C@H](O)C[C@](C)(O)C(C)C)[C@@]3(C)CC[C@@H]2[C@@]2(C)CC[C@H](O)C[C@]12O. The lowest BCUT2D eigenvalue weighted by atomic mass is 9.42. The molecular weight excluding hydrogens is 456 g/mol. The summed E-state index contributed by atoms with van der Waals surface area (Å²) >= 11 is 0. The minimum atomic E-state index is -1.20. The third-order valence-corrected chi connectivity index (χ3v) is 12.3. The van der Waals surface area contributed by atoms with Crippen molar-refractivity contribution in [2.24, 2.45) is 46.3 Å². The molecule has 4 aliphatic rings. The molecule has 0 spiro atoms. The summed E-state index contributed by atoms with van der Waals surface area (Å²) in [5.41, 5.74) is -2.41. The van der Waals surface area contributed by atoms with E-state index in [0.29, 0.717) is 42.9 Å². The fourth-order valence-corrected chi connectivity index (χ4v) is 9.60. The van der Waals surface area contributed by atoms with Gasteiger partial charge in [0.1, 0.15) is 11.7 Å². The first-order valence-corrected chi connectivity index (χ1v) is 14.5. The lowest BCUT2D eigenvalue weighted by Crippen LogP contribution is -2.69. The highest BCUT2D eigenvalue weighted by molar-refractivity contribution is 5.66. The molecule has 4 aliphatic carbocycles. The number of hydrogen-bond acceptors (Lipinski definition) is 6. The van der Waals surface area contributed by atoms with Crippen LogP contribution in [0, 0.1) is 46.3 Å². The van der Waals surface area contributed by atoms with Crippen molar-refractivity contribution in [1.29, 1.82) is 0 Å². The molecule has 4 saturated carbocycles. The van der Waals surface area contributed by atoms with Crippen LogP contribution < -0.4 is 0 Å². The number of aliphatic hydroxyl groups excluding tert-OH is 2. The maximum atomic E-state index is 12.1. The number of carbonyl (C=O) groups is 1. The normalized spacial score (nSPS) is 47.8. The Balaban J connectivity index is 1.60. The number of fused-ring (bicyclic) bond motifs is 5. The zero-order valence-electron chi connectivity index (χ0n) is 23.7. The molecule has 4 fully saturated rings. The van der Waals surface area contributed by atoms with Crippen LogP contribution in [0.1, 0.15) is 106 Å². The van der Waals surface area contributed by atoms with Crippen LogP contribution in [0.2, 0.25) is 0 Å². The second-order valence-corrected chi connectivity index (χ2v) is 14.3. The lowest BCUT2D eigenvalue weighted by molar-refractivity contribution is -0.270. The van der Waals surface area contributed by atoms with Crippen molar-refractivity contribution in [2.45, 2.75) is 136 Å². The first-order chi connectivity index (χ1) is 16.6. The molecule has 4 N–H and O–H groups in total. The van der Waals surface area contributed by atoms with Crippen molar-refractivity contribution in [3.63, 3.8) is 0 Å². The molecule has 6 nitrogen and oxygen atoms in total. The summed E-state index contributed by atoms with van der Waals surface area (Å²) in [4.78, 5) is 12.1. The summed E-state index contributed by atoms with van der Waals surface area (Å²) in [6.45, 7) is 14.0. The number of hydrogen-bond donors (Lipinski definition) is 4. The van der Waals surface area contributed by atoms with Crippen LogP contribution in [0.5, 0.6) is 0 Å². The predicted molar refractivity (Wildman–Crippen MR) is 139 cm³/mol. The standard InChI is InChI=1S/C30H52O6/c1-17(2)29(7,34)16-25(33)18(3)22-8-9-23-21-14-26(36-19(4)31)30(35)15-20(32)10-13-28(30,6)24(21)11-12-27(22,23)5/h17-18,20-26,32-35H,8-16H2,1-7H3/t18-,20-,21-,22+,23-,24-,25+,26+,27+,28+,29-,30-/m0/s1. The van der Waals surface area contributed by atoms with Crippen LogP contribution in [0.4, 0.5) is 0 Å². The Bertz CT molecular complexity index is 826. The Labute approximate surface area is 218 Å². The molecule has 0 saturated heterocycles. The van der Waals surface area contributed by atoms with E-state index >= 15 is 0 Å². The monoisotopic (exact) mass is 508 g/mol. The molecule has 0 aromatic rings. The third-order valence-electron chi connectivity index (χ3n) is 12.3. The average Bonchev–Trinajstić information content (AvgIpc) is 3.11. The number of esters is 1. The molecule has 0 aromatic heterocycles. The summed E-state index contributed by atoms with van der Waals surface area (Å²) in [7, 11) is 0. The lowest BCUT2D eigenvalue weighted by Gasteiger charge is -2.65. The Kier molecular flexibility index (Phi) is 7.47. The topological polar surface area (TPSA) is 107 Å². The fourth-order valence-electron chi connectivity index (χ4n) is 9.60. The van der Waals surface area contributed by atoms with Crippen LogP contribution in [-0.4, -0.2) is 55.9 Å². The number of aliphatic hydroxyl groups is 4. The minimum Gasteiger partial charge on any atom is -0.459 e. The van der Waals surface area contributed by atoms with E-state index in [1.807, 2.05) is 20.8 Å². The second-order valence-electron chi connectivity index (χ2n) is 14.3. The van der Waals surface area contributed by atoms with Gasteiger partial charge in [-0.05, 0) is 92.8 Å². The van der Waals surface area contributed by atoms with Gasteiger partial charge in [0.05, 0.1) is 17.8 Å². The molecular formula is C30H52O6. The van der Waals surface area contributed by atoms with Crippen molar-refractivity contribution >= 4 is 5.97 Å². The average molecular weight is 509 g/mol. The van der Waals surface area contributed by atoms with Gasteiger partial charge in [0.15, 0.2) is 0 Å². The van der Waals surface area contributed by atoms with Gasteiger partial charge in [-0.2, -0.15) is 0 Å². The van der Waals surface area contributed by atoms with Crippen molar-refractivity contribution in [2.75, 3.05) is 0 Å². The van der Waals surface area contributed by atoms with Gasteiger partial charge < -0.3 is 25.2 Å². The minimum absolute atomic E-state index is 0.0754. The molecule has 0 heterocycles. The van der Waals surface area contributed by atoms with Gasteiger partial charge in [-0.25, -0.2) is 0 Å². The Morgan fingerprint density at radius 2 is 1.75 bits per heavy atom. The van der Waals surface area contributed by atoms with Crippen LogP contribution in [-0.2, 0) is 9.53 Å². The van der Waals surface area contributed by atoms with Gasteiger partial charge in [-0.1, -0.05) is 34.6 Å². The molecule has 0 unspecified atom stereocenters. The highest BCUT2D eigenvalue weighted by Gasteiger charge is 2.68. The quantitative estimate of drug-likeness (QED) is 0.395. The van der Waals surface area contributed by atoms with Crippen LogP contribution in [0.3, 0.4) is 0 Å². The van der Waals surface area contributed by atoms with Crippen molar-refractivity contribution in [3.05, 3.63) is 0 Å². The van der Waals surface area contributed by atoms with Gasteiger partial charge in [0, 0.05) is 25.2 Å². The third kappa shape index (κ3) is 4.36. The predicted octanol–water partition coefficient (Wildman–Crippen LogP) is 4.46. The van der Waals surface area contributed by atoms with E-state index in [1.54, 1.807) is 0 Å². The largest absolute Gasteiger partial charge is 0.459 e. The zero-order chi connectivity index (χ0) is 26.8. The number of ether oxygens (including phenoxy) is 1. The maximum Gasteiger partial charge on any atom is 0.303 e. The Morgan fingerprint density at radius 3 is 2.36 bits per heavy atom. The molecule has 6 heteroatoms. The highest BCUT2D eigenvalue weighted by atomic mass is 16.6. The van der Waals surface area contributed by atoms with Crippen LogP contribution >= 0.6 is 0 Å². The molecule has 208 valence electrons. The molecule has 0 aromatic carbocycles. The van der Waals surface area contributed by atoms with Crippen LogP contribution in [0.25, 0.3) is 0 Å². The summed E-state index contributed by atoms with van der Waals surface area (Å²) in [6, 6.07) is 0. The van der Waals surface area contributed by atoms with E-state index in [-0.39, 0.29) is 29.6 Å². The molecule has 0 amide bonds. The van der Waals surface area contributed by atoms with E-state index in [9.17, 15) is 25.2 Å². The molecule has 4 rings (SSSR count). The Morgan fingerprint density at radius 1 is 1.08 bits per heavy atom. The first kappa shape index (κ1) is 28.3. The van der Waals surface area contributed by atoms with Crippen LogP contribution in [0.15, 0.2) is 0 Å². The van der Waals surface area contributed by atoms with E-state index < -0.39 is 34.9 Å². The summed E-state index contributed by atoms with van der Waals surface area (Å²) in [5.74, 6) is 1.30. The van der Waals surface area contributed by atoms with E-state index in [1.165, 1.54) is 6.92 Å². The highest BCUT2D eigenvalue weighted by Crippen LogP contribution is 2.69. The smallest absolute Gasteiger partial charge is 0.303 e. The molecule has 12 atom stereocenters.